The third-order valence-corrected chi connectivity index (χ3v) is 5.56. The van der Waals surface area contributed by atoms with Crippen LogP contribution in [0.1, 0.15) is 96.3 Å². The van der Waals surface area contributed by atoms with E-state index in [0.717, 1.165) is 30.6 Å². The van der Waals surface area contributed by atoms with Gasteiger partial charge in [0.05, 0.1) is 19.6 Å². The number of nitrogens with zero attached hydrogens (tertiary/aromatic N) is 4. The smallest absolute Gasteiger partial charge is 0.305 e. The highest BCUT2D eigenvalue weighted by atomic mass is 16.5. The van der Waals surface area contributed by atoms with Gasteiger partial charge in [-0.3, -0.25) is 4.79 Å². The molecule has 0 aromatic carbocycles. The van der Waals surface area contributed by atoms with Crippen LogP contribution in [0.3, 0.4) is 0 Å². The predicted molar refractivity (Wildman–Crippen MR) is 117 cm³/mol. The summed E-state index contributed by atoms with van der Waals surface area (Å²) in [5.41, 5.74) is 1.83. The van der Waals surface area contributed by atoms with Crippen LogP contribution in [0.5, 0.6) is 0 Å². The van der Waals surface area contributed by atoms with Gasteiger partial charge in [0.2, 0.25) is 0 Å². The fourth-order valence-corrected chi connectivity index (χ4v) is 3.76. The van der Waals surface area contributed by atoms with Crippen molar-refractivity contribution in [3.05, 3.63) is 18.9 Å². The van der Waals surface area contributed by atoms with Gasteiger partial charge in [-0.15, -0.1) is 0 Å². The first-order chi connectivity index (χ1) is 14.3. The molecular weight excluding hydrogens is 364 g/mol. The standard InChI is InChI=1S/C23H38N4O2/c1-29-22(28)16-14-12-10-8-6-4-2-3-5-7-9-11-13-15-17-27-20-26-23-21(27)18-24-19-25-23/h18-20H,2-17H2,1H3. The number of hydrogen-bond acceptors (Lipinski definition) is 5. The van der Waals surface area contributed by atoms with Gasteiger partial charge in [0, 0.05) is 13.0 Å². The van der Waals surface area contributed by atoms with Gasteiger partial charge in [-0.1, -0.05) is 77.0 Å². The van der Waals surface area contributed by atoms with E-state index in [1.807, 2.05) is 12.5 Å². The number of imidazole rings is 1. The second-order valence-electron chi connectivity index (χ2n) is 7.95. The third-order valence-electron chi connectivity index (χ3n) is 5.56. The van der Waals surface area contributed by atoms with Crippen LogP contribution in [-0.4, -0.2) is 32.6 Å². The van der Waals surface area contributed by atoms with Gasteiger partial charge in [0.25, 0.3) is 0 Å². The Bertz CT molecular complexity index is 686. The normalized spacial score (nSPS) is 11.2. The van der Waals surface area contributed by atoms with Crippen LogP contribution in [0.2, 0.25) is 0 Å². The summed E-state index contributed by atoms with van der Waals surface area (Å²) in [4.78, 5) is 23.6. The Morgan fingerprint density at radius 3 is 1.97 bits per heavy atom. The van der Waals surface area contributed by atoms with Crippen LogP contribution >= 0.6 is 0 Å². The molecule has 2 rings (SSSR count). The molecule has 0 spiro atoms. The highest BCUT2D eigenvalue weighted by molar-refractivity contribution is 5.69. The van der Waals surface area contributed by atoms with E-state index in [1.54, 1.807) is 6.33 Å². The zero-order valence-corrected chi connectivity index (χ0v) is 18.2. The summed E-state index contributed by atoms with van der Waals surface area (Å²) in [5.74, 6) is -0.0769. The number of rotatable bonds is 17. The summed E-state index contributed by atoms with van der Waals surface area (Å²) in [5, 5.41) is 0. The minimum Gasteiger partial charge on any atom is -0.469 e. The average Bonchev–Trinajstić information content (AvgIpc) is 3.16. The van der Waals surface area contributed by atoms with E-state index in [2.05, 4.69) is 24.3 Å². The van der Waals surface area contributed by atoms with Gasteiger partial charge in [-0.25, -0.2) is 15.0 Å². The number of aryl methyl sites for hydroxylation is 1. The highest BCUT2D eigenvalue weighted by Crippen LogP contribution is 2.14. The van der Waals surface area contributed by atoms with Crippen LogP contribution in [-0.2, 0) is 16.1 Å². The minimum absolute atomic E-state index is 0.0769. The lowest BCUT2D eigenvalue weighted by atomic mass is 10.0. The lowest BCUT2D eigenvalue weighted by molar-refractivity contribution is -0.140. The van der Waals surface area contributed by atoms with E-state index in [4.69, 9.17) is 0 Å². The van der Waals surface area contributed by atoms with Crippen LogP contribution < -0.4 is 0 Å². The summed E-state index contributed by atoms with van der Waals surface area (Å²) >= 11 is 0. The molecule has 0 radical (unpaired) electrons. The van der Waals surface area contributed by atoms with Gasteiger partial charge in [-0.05, 0) is 12.8 Å². The Labute approximate surface area is 175 Å². The number of methoxy groups -OCH3 is 1. The number of esters is 1. The predicted octanol–water partition coefficient (Wildman–Crippen LogP) is 5.85. The number of unbranched alkanes of at least 4 members (excludes halogenated alkanes) is 13. The summed E-state index contributed by atoms with van der Waals surface area (Å²) < 4.78 is 6.81. The van der Waals surface area contributed by atoms with Crippen molar-refractivity contribution in [3.8, 4) is 0 Å². The number of aromatic nitrogens is 4. The third kappa shape index (κ3) is 9.86. The molecule has 0 fully saturated rings. The monoisotopic (exact) mass is 402 g/mol. The van der Waals surface area contributed by atoms with E-state index in [0.29, 0.717) is 6.42 Å². The van der Waals surface area contributed by atoms with Gasteiger partial charge in [0.15, 0.2) is 5.65 Å². The molecule has 6 heteroatoms. The second kappa shape index (κ2) is 14.9. The zero-order valence-electron chi connectivity index (χ0n) is 18.2. The lowest BCUT2D eigenvalue weighted by Gasteiger charge is -2.05. The summed E-state index contributed by atoms with van der Waals surface area (Å²) in [6.07, 6.45) is 23.9. The van der Waals surface area contributed by atoms with Gasteiger partial charge in [0.1, 0.15) is 11.8 Å². The quantitative estimate of drug-likeness (QED) is 0.245. The van der Waals surface area contributed by atoms with E-state index >= 15 is 0 Å². The second-order valence-corrected chi connectivity index (χ2v) is 7.95. The number of ether oxygens (including phenoxy) is 1. The van der Waals surface area contributed by atoms with Crippen molar-refractivity contribution in [1.29, 1.82) is 0 Å². The van der Waals surface area contributed by atoms with Gasteiger partial charge < -0.3 is 9.30 Å². The van der Waals surface area contributed by atoms with Crippen molar-refractivity contribution in [3.63, 3.8) is 0 Å². The van der Waals surface area contributed by atoms with Crippen LogP contribution in [0.4, 0.5) is 0 Å². The maximum atomic E-state index is 11.0. The summed E-state index contributed by atoms with van der Waals surface area (Å²) in [6.45, 7) is 1.01. The largest absolute Gasteiger partial charge is 0.469 e. The van der Waals surface area contributed by atoms with Crippen molar-refractivity contribution < 1.29 is 9.53 Å². The topological polar surface area (TPSA) is 69.9 Å². The van der Waals surface area contributed by atoms with E-state index < -0.39 is 0 Å². The molecule has 6 nitrogen and oxygen atoms in total. The first-order valence-corrected chi connectivity index (χ1v) is 11.5. The number of hydrogen-bond donors (Lipinski definition) is 0. The van der Waals surface area contributed by atoms with E-state index in [9.17, 15) is 4.79 Å². The Hall–Kier alpha value is -1.98. The van der Waals surface area contributed by atoms with Crippen LogP contribution in [0.25, 0.3) is 11.2 Å². The Morgan fingerprint density at radius 1 is 0.828 bits per heavy atom. The SMILES string of the molecule is COC(=O)CCCCCCCCCCCCCCCCn1cnc2ncncc21. The zero-order chi connectivity index (χ0) is 20.6. The summed E-state index contributed by atoms with van der Waals surface area (Å²) in [7, 11) is 1.46. The molecule has 2 aromatic heterocycles. The first-order valence-electron chi connectivity index (χ1n) is 11.5. The van der Waals surface area contributed by atoms with Crippen LogP contribution in [0, 0.1) is 0 Å². The molecule has 0 atom stereocenters. The Balaban J connectivity index is 1.31. The molecule has 0 amide bonds. The fraction of sp³-hybridized carbons (Fsp3) is 0.739. The molecule has 0 bridgehead atoms. The van der Waals surface area contributed by atoms with Crippen molar-refractivity contribution in [2.45, 2.75) is 103 Å². The molecule has 2 aromatic rings. The first kappa shape index (κ1) is 23.3. The minimum atomic E-state index is -0.0769. The molecule has 0 saturated carbocycles. The number of fused-ring (bicyclic) bond motifs is 1. The molecule has 0 aliphatic rings. The maximum absolute atomic E-state index is 11.0. The Morgan fingerprint density at radius 2 is 1.38 bits per heavy atom. The van der Waals surface area contributed by atoms with Gasteiger partial charge >= 0.3 is 5.97 Å². The number of carbonyl (C=O) groups is 1. The highest BCUT2D eigenvalue weighted by Gasteiger charge is 2.02. The molecule has 0 aliphatic heterocycles. The molecule has 29 heavy (non-hydrogen) atoms. The van der Waals surface area contributed by atoms with Gasteiger partial charge in [-0.2, -0.15) is 0 Å². The van der Waals surface area contributed by atoms with E-state index in [1.165, 1.54) is 84.2 Å². The maximum Gasteiger partial charge on any atom is 0.305 e. The van der Waals surface area contributed by atoms with Crippen molar-refractivity contribution in [1.82, 2.24) is 19.5 Å². The number of carbonyl (C=O) groups excluding carboxylic acids is 1. The molecule has 0 saturated heterocycles. The average molecular weight is 403 g/mol. The molecule has 0 N–H and O–H groups in total. The molecule has 0 unspecified atom stereocenters. The van der Waals surface area contributed by atoms with Crippen LogP contribution in [0.15, 0.2) is 18.9 Å². The van der Waals surface area contributed by atoms with Crippen molar-refractivity contribution in [2.24, 2.45) is 0 Å². The van der Waals surface area contributed by atoms with E-state index in [-0.39, 0.29) is 5.97 Å². The van der Waals surface area contributed by atoms with Crippen molar-refractivity contribution in [2.75, 3.05) is 7.11 Å². The fourth-order valence-electron chi connectivity index (χ4n) is 3.76. The molecule has 2 heterocycles. The van der Waals surface area contributed by atoms with Crippen molar-refractivity contribution >= 4 is 17.1 Å². The molecule has 162 valence electrons. The molecular formula is C23H38N4O2. The lowest BCUT2D eigenvalue weighted by Crippen LogP contribution is -1.99. The summed E-state index contributed by atoms with van der Waals surface area (Å²) in [6, 6.07) is 0. The molecule has 0 aliphatic carbocycles. The Kier molecular flexibility index (Phi) is 12.0.